The first-order valence-corrected chi connectivity index (χ1v) is 6.62. The van der Waals surface area contributed by atoms with E-state index in [9.17, 15) is 13.2 Å². The van der Waals surface area contributed by atoms with Crippen molar-refractivity contribution in [3.05, 3.63) is 34.3 Å². The minimum absolute atomic E-state index is 0.0614. The zero-order valence-corrected chi connectivity index (χ0v) is 11.9. The second-order valence-corrected chi connectivity index (χ2v) is 4.96. The molecule has 20 heavy (non-hydrogen) atoms. The quantitative estimate of drug-likeness (QED) is 0.872. The van der Waals surface area contributed by atoms with Gasteiger partial charge in [-0.1, -0.05) is 24.9 Å². The van der Waals surface area contributed by atoms with Crippen LogP contribution in [0.4, 0.5) is 19.0 Å². The van der Waals surface area contributed by atoms with Gasteiger partial charge >= 0.3 is 6.18 Å². The fraction of sp³-hybridized carbons (Fsp3) is 0.357. The Hall–Kier alpha value is -1.49. The first-order valence-electron chi connectivity index (χ1n) is 6.25. The molecule has 0 atom stereocenters. The van der Waals surface area contributed by atoms with E-state index in [0.29, 0.717) is 11.2 Å². The number of nitrogens with zero attached hydrogens (tertiary/aromatic N) is 1. The van der Waals surface area contributed by atoms with Gasteiger partial charge in [0.25, 0.3) is 0 Å². The molecule has 0 unspecified atom stereocenters. The lowest BCUT2D eigenvalue weighted by Gasteiger charge is -2.14. The van der Waals surface area contributed by atoms with Crippen molar-refractivity contribution in [3.63, 3.8) is 0 Å². The van der Waals surface area contributed by atoms with Crippen molar-refractivity contribution in [3.8, 4) is 0 Å². The van der Waals surface area contributed by atoms with Gasteiger partial charge in [0.05, 0.1) is 11.1 Å². The average molecular weight is 303 g/mol. The molecular formula is C14H14ClF3N2. The molecule has 0 bridgehead atoms. The first kappa shape index (κ1) is 14.9. The summed E-state index contributed by atoms with van der Waals surface area (Å²) in [5, 5.41) is 3.33. The average Bonchev–Trinajstić information content (AvgIpc) is 2.36. The third kappa shape index (κ3) is 2.82. The number of benzene rings is 1. The summed E-state index contributed by atoms with van der Waals surface area (Å²) in [6.07, 6.45) is -2.85. The van der Waals surface area contributed by atoms with Gasteiger partial charge in [-0.2, -0.15) is 13.2 Å². The molecule has 108 valence electrons. The summed E-state index contributed by atoms with van der Waals surface area (Å²) in [7, 11) is 1.65. The number of hydrogen-bond donors (Lipinski definition) is 1. The maximum atomic E-state index is 13.1. The standard InChI is InChI=1S/C14H14ClF3N2/c1-3-4-8-5-9-6-10(15)7-11(14(16,17)18)12(9)20-13(8)19-2/h5-7H,3-4H2,1-2H3,(H,19,20). The van der Waals surface area contributed by atoms with Crippen LogP contribution in [0.25, 0.3) is 10.9 Å². The van der Waals surface area contributed by atoms with Crippen molar-refractivity contribution in [2.45, 2.75) is 25.9 Å². The Bertz CT molecular complexity index is 638. The summed E-state index contributed by atoms with van der Waals surface area (Å²) in [4.78, 5) is 4.13. The van der Waals surface area contributed by atoms with E-state index in [1.165, 1.54) is 6.07 Å². The van der Waals surface area contributed by atoms with Crippen LogP contribution in [-0.2, 0) is 12.6 Å². The normalized spacial score (nSPS) is 11.9. The molecule has 0 amide bonds. The van der Waals surface area contributed by atoms with Crippen LogP contribution in [0.1, 0.15) is 24.5 Å². The van der Waals surface area contributed by atoms with E-state index in [2.05, 4.69) is 10.3 Å². The second kappa shape index (κ2) is 5.48. The van der Waals surface area contributed by atoms with Crippen molar-refractivity contribution in [1.82, 2.24) is 4.98 Å². The molecule has 1 aromatic carbocycles. The number of pyridine rings is 1. The zero-order valence-electron chi connectivity index (χ0n) is 11.1. The van der Waals surface area contributed by atoms with Crippen LogP contribution in [0.3, 0.4) is 0 Å². The Morgan fingerprint density at radius 3 is 2.50 bits per heavy atom. The molecule has 0 fully saturated rings. The Kier molecular flexibility index (Phi) is 4.09. The molecular weight excluding hydrogens is 289 g/mol. The molecule has 1 aromatic heterocycles. The van der Waals surface area contributed by atoms with Gasteiger partial charge in [0.15, 0.2) is 0 Å². The van der Waals surface area contributed by atoms with Gasteiger partial charge in [-0.3, -0.25) is 0 Å². The number of aromatic nitrogens is 1. The molecule has 0 radical (unpaired) electrons. The van der Waals surface area contributed by atoms with Crippen LogP contribution in [-0.4, -0.2) is 12.0 Å². The van der Waals surface area contributed by atoms with Crippen molar-refractivity contribution in [1.29, 1.82) is 0 Å². The Balaban J connectivity index is 2.77. The summed E-state index contributed by atoms with van der Waals surface area (Å²) in [6, 6.07) is 4.15. The van der Waals surface area contributed by atoms with Gasteiger partial charge < -0.3 is 5.32 Å². The van der Waals surface area contributed by atoms with Gasteiger partial charge in [0.1, 0.15) is 5.82 Å². The van der Waals surface area contributed by atoms with Gasteiger partial charge in [-0.15, -0.1) is 0 Å². The van der Waals surface area contributed by atoms with E-state index < -0.39 is 11.7 Å². The van der Waals surface area contributed by atoms with Crippen molar-refractivity contribution in [2.75, 3.05) is 12.4 Å². The number of anilines is 1. The third-order valence-electron chi connectivity index (χ3n) is 3.02. The van der Waals surface area contributed by atoms with Crippen molar-refractivity contribution < 1.29 is 13.2 Å². The zero-order chi connectivity index (χ0) is 14.9. The molecule has 0 saturated carbocycles. The minimum atomic E-state index is -4.48. The van der Waals surface area contributed by atoms with E-state index in [0.717, 1.165) is 24.5 Å². The van der Waals surface area contributed by atoms with Crippen LogP contribution in [0, 0.1) is 0 Å². The minimum Gasteiger partial charge on any atom is -0.373 e. The summed E-state index contributed by atoms with van der Waals surface area (Å²) in [5.74, 6) is 0.479. The molecule has 0 aliphatic rings. The van der Waals surface area contributed by atoms with E-state index in [-0.39, 0.29) is 10.5 Å². The molecule has 0 aliphatic heterocycles. The SMILES string of the molecule is CCCc1cc2cc(Cl)cc(C(F)(F)F)c2nc1NC. The number of fused-ring (bicyclic) bond motifs is 1. The van der Waals surface area contributed by atoms with Gasteiger partial charge in [-0.05, 0) is 30.2 Å². The van der Waals surface area contributed by atoms with Gasteiger partial charge in [0, 0.05) is 17.5 Å². The lowest BCUT2D eigenvalue weighted by atomic mass is 10.0. The second-order valence-electron chi connectivity index (χ2n) is 4.52. The Labute approximate surface area is 120 Å². The van der Waals surface area contributed by atoms with Crippen LogP contribution in [0.5, 0.6) is 0 Å². The molecule has 2 aromatic rings. The maximum Gasteiger partial charge on any atom is 0.418 e. The molecule has 2 rings (SSSR count). The number of hydrogen-bond acceptors (Lipinski definition) is 2. The van der Waals surface area contributed by atoms with E-state index in [1.54, 1.807) is 13.1 Å². The number of aryl methyl sites for hydroxylation is 1. The van der Waals surface area contributed by atoms with Crippen LogP contribution in [0.2, 0.25) is 5.02 Å². The van der Waals surface area contributed by atoms with Crippen molar-refractivity contribution >= 4 is 28.3 Å². The predicted molar refractivity (Wildman–Crippen MR) is 75.3 cm³/mol. The summed E-state index contributed by atoms with van der Waals surface area (Å²) in [5.41, 5.74) is 0.00328. The number of alkyl halides is 3. The fourth-order valence-electron chi connectivity index (χ4n) is 2.19. The summed E-state index contributed by atoms with van der Waals surface area (Å²) in [6.45, 7) is 2.00. The van der Waals surface area contributed by atoms with E-state index in [1.807, 2.05) is 6.92 Å². The number of nitrogens with one attached hydrogen (secondary N) is 1. The highest BCUT2D eigenvalue weighted by molar-refractivity contribution is 6.31. The van der Waals surface area contributed by atoms with E-state index >= 15 is 0 Å². The monoisotopic (exact) mass is 302 g/mol. The van der Waals surface area contributed by atoms with Gasteiger partial charge in [-0.25, -0.2) is 4.98 Å². The molecule has 6 heteroatoms. The third-order valence-corrected chi connectivity index (χ3v) is 3.24. The maximum absolute atomic E-state index is 13.1. The van der Waals surface area contributed by atoms with Crippen LogP contribution in [0.15, 0.2) is 18.2 Å². The summed E-state index contributed by atoms with van der Waals surface area (Å²) < 4.78 is 39.2. The molecule has 0 saturated heterocycles. The molecule has 2 nitrogen and oxygen atoms in total. The van der Waals surface area contributed by atoms with E-state index in [4.69, 9.17) is 11.6 Å². The fourth-order valence-corrected chi connectivity index (χ4v) is 2.41. The highest BCUT2D eigenvalue weighted by atomic mass is 35.5. The summed E-state index contributed by atoms with van der Waals surface area (Å²) >= 11 is 5.79. The molecule has 0 aliphatic carbocycles. The molecule has 1 N–H and O–H groups in total. The molecule has 1 heterocycles. The molecule has 0 spiro atoms. The predicted octanol–water partition coefficient (Wildman–Crippen LogP) is 4.90. The van der Waals surface area contributed by atoms with Crippen molar-refractivity contribution in [2.24, 2.45) is 0 Å². The first-order chi connectivity index (χ1) is 9.36. The van der Waals surface area contributed by atoms with Gasteiger partial charge in [0.2, 0.25) is 0 Å². The van der Waals surface area contributed by atoms with Crippen LogP contribution >= 0.6 is 11.6 Å². The lowest BCUT2D eigenvalue weighted by molar-refractivity contribution is -0.136. The largest absolute Gasteiger partial charge is 0.418 e. The highest BCUT2D eigenvalue weighted by Gasteiger charge is 2.34. The lowest BCUT2D eigenvalue weighted by Crippen LogP contribution is -2.08. The smallest absolute Gasteiger partial charge is 0.373 e. The topological polar surface area (TPSA) is 24.9 Å². The van der Waals surface area contributed by atoms with Crippen LogP contribution < -0.4 is 5.32 Å². The Morgan fingerprint density at radius 1 is 1.25 bits per heavy atom. The Morgan fingerprint density at radius 2 is 1.95 bits per heavy atom. The number of halogens is 4. The number of rotatable bonds is 3. The highest BCUT2D eigenvalue weighted by Crippen LogP contribution is 2.37.